The summed E-state index contributed by atoms with van der Waals surface area (Å²) in [7, 11) is 0. The Labute approximate surface area is 316 Å². The van der Waals surface area contributed by atoms with E-state index in [4.69, 9.17) is 18.9 Å². The maximum Gasteiger partial charge on any atom is 0.127 e. The van der Waals surface area contributed by atoms with Crippen LogP contribution in [0.2, 0.25) is 0 Å². The Morgan fingerprint density at radius 3 is 1.15 bits per heavy atom. The van der Waals surface area contributed by atoms with Gasteiger partial charge < -0.3 is 39.4 Å². The fraction of sp³-hybridized carbons (Fsp3) is 0.217. The Morgan fingerprint density at radius 2 is 0.722 bits per heavy atom. The molecule has 6 rings (SSSR count). The average Bonchev–Trinajstić information content (AvgIpc) is 3.23. The van der Waals surface area contributed by atoms with Gasteiger partial charge in [-0.1, -0.05) is 103 Å². The molecule has 8 nitrogen and oxygen atoms in total. The summed E-state index contributed by atoms with van der Waals surface area (Å²) in [6.45, 7) is 2.12. The zero-order valence-corrected chi connectivity index (χ0v) is 30.4. The van der Waals surface area contributed by atoms with Crippen molar-refractivity contribution in [3.05, 3.63) is 156 Å². The van der Waals surface area contributed by atoms with Gasteiger partial charge in [0.1, 0.15) is 49.4 Å². The molecule has 0 unspecified atom stereocenters. The van der Waals surface area contributed by atoms with Gasteiger partial charge >= 0.3 is 0 Å². The van der Waals surface area contributed by atoms with Gasteiger partial charge in [0.05, 0.1) is 26.4 Å². The van der Waals surface area contributed by atoms with Gasteiger partial charge in [0.15, 0.2) is 0 Å². The van der Waals surface area contributed by atoms with Gasteiger partial charge in [0, 0.05) is 27.7 Å². The van der Waals surface area contributed by atoms with E-state index < -0.39 is 5.41 Å². The SMILES string of the molecule is CC(c1ccc(-c2ccccc2)cc1)(c1ccc(OCCO)c(-c2ccccc2OCCO)c1)c1ccc(OCCO)c(-c2ccccc2OCCO)c1. The molecule has 0 aliphatic heterocycles. The van der Waals surface area contributed by atoms with Crippen LogP contribution in [0.5, 0.6) is 23.0 Å². The fourth-order valence-corrected chi connectivity index (χ4v) is 6.73. The molecule has 4 N–H and O–H groups in total. The lowest BCUT2D eigenvalue weighted by atomic mass is 9.70. The Balaban J connectivity index is 1.59. The van der Waals surface area contributed by atoms with E-state index in [-0.39, 0.29) is 52.9 Å². The first-order valence-corrected chi connectivity index (χ1v) is 18.1. The molecule has 0 aliphatic rings. The third-order valence-electron chi connectivity index (χ3n) is 9.43. The molecule has 278 valence electrons. The van der Waals surface area contributed by atoms with Crippen LogP contribution < -0.4 is 18.9 Å². The molecule has 0 aromatic heterocycles. The predicted molar refractivity (Wildman–Crippen MR) is 212 cm³/mol. The summed E-state index contributed by atoms with van der Waals surface area (Å²) < 4.78 is 24.2. The van der Waals surface area contributed by atoms with Gasteiger partial charge in [-0.25, -0.2) is 0 Å². The van der Waals surface area contributed by atoms with E-state index in [9.17, 15) is 20.4 Å². The molecular formula is C46H46O8. The lowest BCUT2D eigenvalue weighted by Crippen LogP contribution is -2.26. The van der Waals surface area contributed by atoms with E-state index in [2.05, 4.69) is 55.5 Å². The summed E-state index contributed by atoms with van der Waals surface area (Å²) in [5.74, 6) is 2.35. The molecule has 0 fully saturated rings. The minimum absolute atomic E-state index is 0.112. The molecule has 0 radical (unpaired) electrons. The number of ether oxygens (including phenoxy) is 4. The third-order valence-corrected chi connectivity index (χ3v) is 9.43. The van der Waals surface area contributed by atoms with Crippen molar-refractivity contribution in [2.24, 2.45) is 0 Å². The molecular weight excluding hydrogens is 680 g/mol. The highest BCUT2D eigenvalue weighted by atomic mass is 16.5. The average molecular weight is 727 g/mol. The Hall–Kier alpha value is -5.64. The van der Waals surface area contributed by atoms with E-state index in [1.807, 2.05) is 91.0 Å². The second-order valence-electron chi connectivity index (χ2n) is 12.8. The Bertz CT molecular complexity index is 1990. The first-order chi connectivity index (χ1) is 26.5. The van der Waals surface area contributed by atoms with Crippen molar-refractivity contribution in [3.63, 3.8) is 0 Å². The summed E-state index contributed by atoms with van der Waals surface area (Å²) in [4.78, 5) is 0. The predicted octanol–water partition coefficient (Wildman–Crippen LogP) is 7.53. The van der Waals surface area contributed by atoms with E-state index in [1.165, 1.54) is 0 Å². The normalized spacial score (nSPS) is 11.3. The Kier molecular flexibility index (Phi) is 13.0. The molecule has 0 aliphatic carbocycles. The lowest BCUT2D eigenvalue weighted by molar-refractivity contribution is 0.200. The summed E-state index contributed by atoms with van der Waals surface area (Å²) >= 11 is 0. The van der Waals surface area contributed by atoms with Gasteiger partial charge in [0.2, 0.25) is 0 Å². The number of aliphatic hydroxyl groups excluding tert-OH is 4. The maximum atomic E-state index is 9.69. The van der Waals surface area contributed by atoms with Gasteiger partial charge in [-0.15, -0.1) is 0 Å². The van der Waals surface area contributed by atoms with Crippen molar-refractivity contribution < 1.29 is 39.4 Å². The number of benzene rings is 6. The van der Waals surface area contributed by atoms with Crippen LogP contribution in [0.3, 0.4) is 0 Å². The minimum atomic E-state index is -0.758. The van der Waals surface area contributed by atoms with Gasteiger partial charge in [-0.2, -0.15) is 0 Å². The second-order valence-corrected chi connectivity index (χ2v) is 12.8. The van der Waals surface area contributed by atoms with Crippen molar-refractivity contribution in [3.8, 4) is 56.4 Å². The second kappa shape index (κ2) is 18.4. The zero-order chi connectivity index (χ0) is 37.8. The molecule has 0 atom stereocenters. The minimum Gasteiger partial charge on any atom is -0.491 e. The summed E-state index contributed by atoms with van der Waals surface area (Å²) in [6, 6.07) is 46.3. The molecule has 0 saturated heterocycles. The number of rotatable bonds is 18. The monoisotopic (exact) mass is 726 g/mol. The maximum absolute atomic E-state index is 9.69. The first kappa shape index (κ1) is 38.1. The van der Waals surface area contributed by atoms with Crippen LogP contribution >= 0.6 is 0 Å². The van der Waals surface area contributed by atoms with Crippen LogP contribution in [0.1, 0.15) is 23.6 Å². The van der Waals surface area contributed by atoms with Crippen LogP contribution in [0, 0.1) is 0 Å². The fourth-order valence-electron chi connectivity index (χ4n) is 6.73. The molecule has 8 heteroatoms. The van der Waals surface area contributed by atoms with Gasteiger partial charge in [-0.05, 0) is 71.1 Å². The summed E-state index contributed by atoms with van der Waals surface area (Å²) in [5, 5.41) is 38.5. The van der Waals surface area contributed by atoms with Crippen molar-refractivity contribution in [2.75, 3.05) is 52.9 Å². The molecule has 0 bridgehead atoms. The highest BCUT2D eigenvalue weighted by molar-refractivity contribution is 5.79. The topological polar surface area (TPSA) is 118 Å². The van der Waals surface area contributed by atoms with Crippen LogP contribution in [-0.4, -0.2) is 73.3 Å². The van der Waals surface area contributed by atoms with Crippen molar-refractivity contribution in [2.45, 2.75) is 12.3 Å². The first-order valence-electron chi connectivity index (χ1n) is 18.1. The third kappa shape index (κ3) is 8.43. The molecule has 6 aromatic carbocycles. The van der Waals surface area contributed by atoms with Crippen molar-refractivity contribution in [1.29, 1.82) is 0 Å². The standard InChI is InChI=1S/C46H46O8/c1-46(35-17-15-34(16-18-35)33-9-3-2-4-10-33,36-19-21-44(53-29-25-49)40(31-36)38-11-5-7-13-42(38)51-27-23-47)37-20-22-45(54-30-26-50)41(32-37)39-12-6-8-14-43(39)52-28-24-48/h2-22,31-32,47-50H,23-30H2,1H3. The van der Waals surface area contributed by atoms with E-state index in [1.54, 1.807) is 0 Å². The molecule has 0 saturated carbocycles. The van der Waals surface area contributed by atoms with E-state index in [0.717, 1.165) is 50.1 Å². The quantitative estimate of drug-likeness (QED) is 0.0672. The molecule has 0 amide bonds. The molecule has 6 aromatic rings. The van der Waals surface area contributed by atoms with Crippen molar-refractivity contribution in [1.82, 2.24) is 0 Å². The van der Waals surface area contributed by atoms with Gasteiger partial charge in [0.25, 0.3) is 0 Å². The number of hydrogen-bond acceptors (Lipinski definition) is 8. The van der Waals surface area contributed by atoms with Crippen LogP contribution in [0.4, 0.5) is 0 Å². The lowest BCUT2D eigenvalue weighted by Gasteiger charge is -2.34. The van der Waals surface area contributed by atoms with Gasteiger partial charge in [-0.3, -0.25) is 0 Å². The van der Waals surface area contributed by atoms with Crippen molar-refractivity contribution >= 4 is 0 Å². The van der Waals surface area contributed by atoms with E-state index in [0.29, 0.717) is 23.0 Å². The zero-order valence-electron chi connectivity index (χ0n) is 30.4. The molecule has 0 spiro atoms. The summed E-state index contributed by atoms with van der Waals surface area (Å²) in [6.07, 6.45) is 0. The number of para-hydroxylation sites is 2. The largest absolute Gasteiger partial charge is 0.491 e. The highest BCUT2D eigenvalue weighted by Gasteiger charge is 2.34. The Morgan fingerprint density at radius 1 is 0.370 bits per heavy atom. The number of hydrogen-bond donors (Lipinski definition) is 4. The van der Waals surface area contributed by atoms with E-state index >= 15 is 0 Å². The van der Waals surface area contributed by atoms with Crippen LogP contribution in [-0.2, 0) is 5.41 Å². The molecule has 54 heavy (non-hydrogen) atoms. The number of aliphatic hydroxyl groups is 4. The molecule has 0 heterocycles. The highest BCUT2D eigenvalue weighted by Crippen LogP contribution is 2.47. The summed E-state index contributed by atoms with van der Waals surface area (Å²) in [5.41, 5.74) is 7.50. The smallest absolute Gasteiger partial charge is 0.127 e. The van der Waals surface area contributed by atoms with Crippen LogP contribution in [0.25, 0.3) is 33.4 Å². The van der Waals surface area contributed by atoms with Crippen LogP contribution in [0.15, 0.2) is 140 Å².